The van der Waals surface area contributed by atoms with Crippen molar-refractivity contribution in [2.75, 3.05) is 18.1 Å². The Labute approximate surface area is 100.0 Å². The van der Waals surface area contributed by atoms with Crippen molar-refractivity contribution in [3.63, 3.8) is 0 Å². The van der Waals surface area contributed by atoms with E-state index >= 15 is 0 Å². The molecule has 3 rings (SSSR count). The van der Waals surface area contributed by atoms with Gasteiger partial charge >= 0.3 is 0 Å². The molecule has 2 fully saturated rings. The van der Waals surface area contributed by atoms with Crippen LogP contribution in [0.25, 0.3) is 0 Å². The maximum absolute atomic E-state index is 4.67. The zero-order valence-electron chi connectivity index (χ0n) is 9.41. The van der Waals surface area contributed by atoms with Gasteiger partial charge in [-0.05, 0) is 31.6 Å². The molecule has 0 amide bonds. The van der Waals surface area contributed by atoms with E-state index in [-0.39, 0.29) is 0 Å². The molecule has 88 valence electrons. The van der Waals surface area contributed by atoms with E-state index < -0.39 is 0 Å². The van der Waals surface area contributed by atoms with Gasteiger partial charge in [-0.1, -0.05) is 6.42 Å². The molecule has 2 aliphatic rings. The summed E-state index contributed by atoms with van der Waals surface area (Å²) >= 11 is 2.01. The summed E-state index contributed by atoms with van der Waals surface area (Å²) in [5.41, 5.74) is 0. The van der Waals surface area contributed by atoms with Crippen molar-refractivity contribution in [3.8, 4) is 0 Å². The first kappa shape index (κ1) is 10.6. The van der Waals surface area contributed by atoms with Gasteiger partial charge in [0.25, 0.3) is 0 Å². The molecule has 5 heteroatoms. The second-order valence-electron chi connectivity index (χ2n) is 4.64. The standard InChI is InChI=1S/C11H18N4S/c1-2-5-12-9(3-1)11-13-10(14-15-11)8-4-6-16-7-8/h8-9,12H,1-7H2,(H,13,14,15). The number of thioether (sulfide) groups is 1. The summed E-state index contributed by atoms with van der Waals surface area (Å²) in [6, 6.07) is 0.407. The van der Waals surface area contributed by atoms with Crippen molar-refractivity contribution in [1.29, 1.82) is 0 Å². The summed E-state index contributed by atoms with van der Waals surface area (Å²) in [4.78, 5) is 4.67. The highest BCUT2D eigenvalue weighted by Gasteiger charge is 2.24. The van der Waals surface area contributed by atoms with E-state index in [0.717, 1.165) is 18.2 Å². The molecular formula is C11H18N4S. The number of nitrogens with one attached hydrogen (secondary N) is 2. The fraction of sp³-hybridized carbons (Fsp3) is 0.818. The number of rotatable bonds is 2. The molecule has 0 spiro atoms. The third kappa shape index (κ3) is 2.11. The molecular weight excluding hydrogens is 220 g/mol. The molecule has 4 nitrogen and oxygen atoms in total. The highest BCUT2D eigenvalue weighted by atomic mass is 32.2. The lowest BCUT2D eigenvalue weighted by Gasteiger charge is -2.20. The van der Waals surface area contributed by atoms with Crippen molar-refractivity contribution >= 4 is 11.8 Å². The lowest BCUT2D eigenvalue weighted by atomic mass is 10.0. The number of aromatic amines is 1. The molecule has 2 N–H and O–H groups in total. The van der Waals surface area contributed by atoms with Crippen LogP contribution in [0.3, 0.4) is 0 Å². The Balaban J connectivity index is 1.71. The molecule has 2 unspecified atom stereocenters. The van der Waals surface area contributed by atoms with E-state index in [1.165, 1.54) is 37.2 Å². The van der Waals surface area contributed by atoms with Crippen molar-refractivity contribution < 1.29 is 0 Å². The first-order chi connectivity index (χ1) is 7.93. The summed E-state index contributed by atoms with van der Waals surface area (Å²) in [5.74, 6) is 5.11. The average Bonchev–Trinajstić information content (AvgIpc) is 3.01. The van der Waals surface area contributed by atoms with Crippen LogP contribution in [0.2, 0.25) is 0 Å². The first-order valence-corrected chi connectivity index (χ1v) is 7.32. The minimum absolute atomic E-state index is 0.407. The van der Waals surface area contributed by atoms with Crippen molar-refractivity contribution in [3.05, 3.63) is 11.6 Å². The van der Waals surface area contributed by atoms with Crippen molar-refractivity contribution in [2.24, 2.45) is 0 Å². The number of H-pyrrole nitrogens is 1. The van der Waals surface area contributed by atoms with Crippen LogP contribution in [-0.4, -0.2) is 33.2 Å². The van der Waals surface area contributed by atoms with Crippen LogP contribution in [0.15, 0.2) is 0 Å². The quantitative estimate of drug-likeness (QED) is 0.825. The number of nitrogens with zero attached hydrogens (tertiary/aromatic N) is 2. The monoisotopic (exact) mass is 238 g/mol. The molecule has 0 saturated carbocycles. The van der Waals surface area contributed by atoms with Gasteiger partial charge in [0.05, 0.1) is 6.04 Å². The highest BCUT2D eigenvalue weighted by molar-refractivity contribution is 7.99. The predicted molar refractivity (Wildman–Crippen MR) is 65.7 cm³/mol. The molecule has 3 heterocycles. The average molecular weight is 238 g/mol. The number of piperidine rings is 1. The van der Waals surface area contributed by atoms with Gasteiger partial charge in [0.1, 0.15) is 5.82 Å². The number of hydrogen-bond donors (Lipinski definition) is 2. The second-order valence-corrected chi connectivity index (χ2v) is 5.79. The van der Waals surface area contributed by atoms with Gasteiger partial charge in [0, 0.05) is 11.7 Å². The van der Waals surface area contributed by atoms with Gasteiger partial charge in [0.15, 0.2) is 5.82 Å². The normalized spacial score (nSPS) is 30.8. The first-order valence-electron chi connectivity index (χ1n) is 6.17. The molecule has 2 aliphatic heterocycles. The molecule has 0 bridgehead atoms. The lowest BCUT2D eigenvalue weighted by molar-refractivity contribution is 0.398. The van der Waals surface area contributed by atoms with E-state index in [9.17, 15) is 0 Å². The SMILES string of the molecule is C1CCC(c2nc(C3CCSC3)n[nH]2)NC1. The lowest BCUT2D eigenvalue weighted by Crippen LogP contribution is -2.27. The van der Waals surface area contributed by atoms with Gasteiger partial charge < -0.3 is 5.32 Å². The summed E-state index contributed by atoms with van der Waals surface area (Å²) in [6.07, 6.45) is 5.01. The molecule has 2 saturated heterocycles. The smallest absolute Gasteiger partial charge is 0.154 e. The zero-order chi connectivity index (χ0) is 10.8. The Morgan fingerprint density at radius 3 is 3.00 bits per heavy atom. The Morgan fingerprint density at radius 2 is 2.25 bits per heavy atom. The van der Waals surface area contributed by atoms with Gasteiger partial charge in [0.2, 0.25) is 0 Å². The minimum atomic E-state index is 0.407. The summed E-state index contributed by atoms with van der Waals surface area (Å²) in [5, 5.41) is 11.0. The van der Waals surface area contributed by atoms with Gasteiger partial charge in [-0.2, -0.15) is 16.9 Å². The number of aromatic nitrogens is 3. The van der Waals surface area contributed by atoms with E-state index in [1.807, 2.05) is 11.8 Å². The predicted octanol–water partition coefficient (Wildman–Crippen LogP) is 1.84. The highest BCUT2D eigenvalue weighted by Crippen LogP contribution is 2.31. The van der Waals surface area contributed by atoms with E-state index in [1.54, 1.807) is 0 Å². The van der Waals surface area contributed by atoms with E-state index in [0.29, 0.717) is 12.0 Å². The fourth-order valence-electron chi connectivity index (χ4n) is 2.45. The molecule has 1 aromatic rings. The fourth-order valence-corrected chi connectivity index (χ4v) is 3.67. The van der Waals surface area contributed by atoms with Gasteiger partial charge in [-0.15, -0.1) is 0 Å². The molecule has 0 aliphatic carbocycles. The van der Waals surface area contributed by atoms with E-state index in [4.69, 9.17) is 0 Å². The van der Waals surface area contributed by atoms with Crippen LogP contribution >= 0.6 is 11.8 Å². The van der Waals surface area contributed by atoms with Crippen LogP contribution in [0.1, 0.15) is 49.3 Å². The molecule has 2 atom stereocenters. The maximum atomic E-state index is 4.67. The van der Waals surface area contributed by atoms with Crippen LogP contribution in [0.5, 0.6) is 0 Å². The summed E-state index contributed by atoms with van der Waals surface area (Å²) < 4.78 is 0. The van der Waals surface area contributed by atoms with E-state index in [2.05, 4.69) is 20.5 Å². The molecule has 0 aromatic carbocycles. The Kier molecular flexibility index (Phi) is 3.15. The van der Waals surface area contributed by atoms with Crippen LogP contribution in [0.4, 0.5) is 0 Å². The van der Waals surface area contributed by atoms with Gasteiger partial charge in [-0.3, -0.25) is 5.10 Å². The topological polar surface area (TPSA) is 53.6 Å². The van der Waals surface area contributed by atoms with Crippen LogP contribution in [-0.2, 0) is 0 Å². The summed E-state index contributed by atoms with van der Waals surface area (Å²) in [7, 11) is 0. The minimum Gasteiger partial charge on any atom is -0.307 e. The van der Waals surface area contributed by atoms with Crippen LogP contribution < -0.4 is 5.32 Å². The Hall–Kier alpha value is -0.550. The third-order valence-electron chi connectivity index (χ3n) is 3.46. The molecule has 1 aromatic heterocycles. The summed E-state index contributed by atoms with van der Waals surface area (Å²) in [6.45, 7) is 1.11. The Morgan fingerprint density at radius 1 is 1.25 bits per heavy atom. The maximum Gasteiger partial charge on any atom is 0.154 e. The third-order valence-corrected chi connectivity index (χ3v) is 4.62. The van der Waals surface area contributed by atoms with Crippen LogP contribution in [0, 0.1) is 0 Å². The number of hydrogen-bond acceptors (Lipinski definition) is 4. The van der Waals surface area contributed by atoms with Gasteiger partial charge in [-0.25, -0.2) is 4.98 Å². The zero-order valence-corrected chi connectivity index (χ0v) is 10.2. The van der Waals surface area contributed by atoms with Crippen molar-refractivity contribution in [2.45, 2.75) is 37.6 Å². The molecule has 0 radical (unpaired) electrons. The largest absolute Gasteiger partial charge is 0.307 e. The second kappa shape index (κ2) is 4.75. The molecule has 16 heavy (non-hydrogen) atoms. The van der Waals surface area contributed by atoms with Crippen molar-refractivity contribution in [1.82, 2.24) is 20.5 Å². The Bertz CT molecular complexity index is 340.